The Hall–Kier alpha value is -0.0600. The summed E-state index contributed by atoms with van der Waals surface area (Å²) >= 11 is 5.49. The van der Waals surface area contributed by atoms with E-state index in [9.17, 15) is 0 Å². The van der Waals surface area contributed by atoms with Crippen molar-refractivity contribution >= 4 is 24.2 Å². The highest BCUT2D eigenvalue weighted by molar-refractivity contribution is 7.80. The van der Waals surface area contributed by atoms with Crippen LogP contribution in [0.4, 0.5) is 0 Å². The average molecular weight is 175 g/mol. The second kappa shape index (κ2) is 4.71. The molecule has 0 unspecified atom stereocenters. The Morgan fingerprint density at radius 1 is 1.70 bits per heavy atom. The van der Waals surface area contributed by atoms with Crippen LogP contribution in [-0.2, 0) is 11.3 Å². The first-order chi connectivity index (χ1) is 4.93. The molecule has 1 heterocycles. The van der Waals surface area contributed by atoms with Crippen LogP contribution >= 0.6 is 24.2 Å². The molecule has 0 radical (unpaired) electrons. The summed E-state index contributed by atoms with van der Waals surface area (Å²) in [6.45, 7) is 1.38. The topological polar surface area (TPSA) is 22.1 Å². The lowest BCUT2D eigenvalue weighted by Gasteiger charge is -1.96. The summed E-state index contributed by atoms with van der Waals surface area (Å²) in [5, 5.41) is 0. The minimum Gasteiger partial charge on any atom is -0.375 e. The van der Waals surface area contributed by atoms with Crippen molar-refractivity contribution in [1.82, 2.24) is 4.37 Å². The average Bonchev–Trinajstić information content (AvgIpc) is 2.41. The van der Waals surface area contributed by atoms with Crippen LogP contribution < -0.4 is 0 Å². The molecule has 0 saturated carbocycles. The van der Waals surface area contributed by atoms with Gasteiger partial charge in [0.1, 0.15) is 0 Å². The van der Waals surface area contributed by atoms with E-state index < -0.39 is 0 Å². The number of hydrogen-bond acceptors (Lipinski definition) is 4. The molecule has 10 heavy (non-hydrogen) atoms. The Morgan fingerprint density at radius 3 is 3.20 bits per heavy atom. The lowest BCUT2D eigenvalue weighted by Crippen LogP contribution is -1.93. The van der Waals surface area contributed by atoms with Crippen LogP contribution in [-0.4, -0.2) is 16.7 Å². The minimum absolute atomic E-state index is 0.672. The molecule has 56 valence electrons. The van der Waals surface area contributed by atoms with Crippen LogP contribution in [0.15, 0.2) is 12.3 Å². The molecule has 0 saturated heterocycles. The predicted molar refractivity (Wildman–Crippen MR) is 45.6 cm³/mol. The van der Waals surface area contributed by atoms with E-state index in [1.54, 1.807) is 6.20 Å². The van der Waals surface area contributed by atoms with Gasteiger partial charge in [-0.1, -0.05) is 0 Å². The van der Waals surface area contributed by atoms with Gasteiger partial charge >= 0.3 is 0 Å². The maximum absolute atomic E-state index is 5.22. The Morgan fingerprint density at radius 2 is 2.60 bits per heavy atom. The monoisotopic (exact) mass is 175 g/mol. The van der Waals surface area contributed by atoms with Crippen molar-refractivity contribution in [2.45, 2.75) is 6.61 Å². The van der Waals surface area contributed by atoms with E-state index in [4.69, 9.17) is 4.74 Å². The van der Waals surface area contributed by atoms with E-state index in [0.29, 0.717) is 13.2 Å². The van der Waals surface area contributed by atoms with Gasteiger partial charge in [0.05, 0.1) is 18.1 Å². The predicted octanol–water partition coefficient (Wildman–Crippen LogP) is 1.59. The number of rotatable bonds is 4. The van der Waals surface area contributed by atoms with Gasteiger partial charge in [0.2, 0.25) is 0 Å². The molecule has 0 bridgehead atoms. The fourth-order valence-corrected chi connectivity index (χ4v) is 1.20. The van der Waals surface area contributed by atoms with Gasteiger partial charge in [0, 0.05) is 11.9 Å². The quantitative estimate of drug-likeness (QED) is 0.554. The zero-order valence-corrected chi connectivity index (χ0v) is 7.20. The molecule has 0 aliphatic rings. The molecule has 0 amide bonds. The van der Waals surface area contributed by atoms with Gasteiger partial charge < -0.3 is 4.74 Å². The lowest BCUT2D eigenvalue weighted by molar-refractivity contribution is 0.139. The van der Waals surface area contributed by atoms with Crippen molar-refractivity contribution in [3.8, 4) is 0 Å². The molecule has 4 heteroatoms. The third-order valence-electron chi connectivity index (χ3n) is 0.971. The molecule has 0 aliphatic carbocycles. The zero-order valence-electron chi connectivity index (χ0n) is 5.49. The normalized spacial score (nSPS) is 10.1. The highest BCUT2D eigenvalue weighted by Crippen LogP contribution is 2.05. The maximum Gasteiger partial charge on any atom is 0.0825 e. The van der Waals surface area contributed by atoms with Crippen LogP contribution in [0.3, 0.4) is 0 Å². The molecule has 0 aliphatic heterocycles. The molecule has 0 fully saturated rings. The van der Waals surface area contributed by atoms with Gasteiger partial charge in [-0.15, -0.1) is 0 Å². The first-order valence-corrected chi connectivity index (χ1v) is 4.42. The van der Waals surface area contributed by atoms with Crippen molar-refractivity contribution in [2.24, 2.45) is 0 Å². The highest BCUT2D eigenvalue weighted by Gasteiger charge is 1.92. The van der Waals surface area contributed by atoms with Crippen molar-refractivity contribution in [2.75, 3.05) is 12.4 Å². The van der Waals surface area contributed by atoms with Gasteiger partial charge in [0.25, 0.3) is 0 Å². The van der Waals surface area contributed by atoms with Gasteiger partial charge in [-0.2, -0.15) is 12.6 Å². The molecular weight excluding hydrogens is 166 g/mol. The van der Waals surface area contributed by atoms with E-state index in [2.05, 4.69) is 17.0 Å². The third-order valence-corrected chi connectivity index (χ3v) is 1.87. The summed E-state index contributed by atoms with van der Waals surface area (Å²) in [6.07, 6.45) is 1.78. The second-order valence-corrected chi connectivity index (χ2v) is 3.12. The lowest BCUT2D eigenvalue weighted by atomic mass is 10.5. The van der Waals surface area contributed by atoms with Crippen molar-refractivity contribution < 1.29 is 4.74 Å². The summed E-state index contributed by atoms with van der Waals surface area (Å²) in [5.41, 5.74) is 0. The Balaban J connectivity index is 2.15. The second-order valence-electron chi connectivity index (χ2n) is 1.75. The zero-order chi connectivity index (χ0) is 7.23. The van der Waals surface area contributed by atoms with E-state index in [0.717, 1.165) is 5.75 Å². The Bertz CT molecular complexity index is 164. The van der Waals surface area contributed by atoms with E-state index in [1.807, 2.05) is 6.07 Å². The molecule has 0 spiro atoms. The van der Waals surface area contributed by atoms with Crippen molar-refractivity contribution in [3.63, 3.8) is 0 Å². The van der Waals surface area contributed by atoms with Crippen LogP contribution in [0.25, 0.3) is 0 Å². The molecule has 0 aromatic carbocycles. The number of nitrogens with zero attached hydrogens (tertiary/aromatic N) is 1. The molecule has 0 N–H and O–H groups in total. The number of aromatic nitrogens is 1. The fraction of sp³-hybridized carbons (Fsp3) is 0.500. The first-order valence-electron chi connectivity index (χ1n) is 3.01. The summed E-state index contributed by atoms with van der Waals surface area (Å²) < 4.78 is 9.16. The van der Waals surface area contributed by atoms with Gasteiger partial charge in [-0.3, -0.25) is 0 Å². The van der Waals surface area contributed by atoms with E-state index >= 15 is 0 Å². The summed E-state index contributed by atoms with van der Waals surface area (Å²) in [6, 6.07) is 1.96. The fourth-order valence-electron chi connectivity index (χ4n) is 0.554. The van der Waals surface area contributed by atoms with Gasteiger partial charge in [-0.05, 0) is 17.6 Å². The summed E-state index contributed by atoms with van der Waals surface area (Å²) in [7, 11) is 0. The van der Waals surface area contributed by atoms with Gasteiger partial charge in [0.15, 0.2) is 0 Å². The first kappa shape index (κ1) is 8.04. The number of thiol groups is 1. The van der Waals surface area contributed by atoms with Crippen LogP contribution in [0.2, 0.25) is 0 Å². The van der Waals surface area contributed by atoms with E-state index in [-0.39, 0.29) is 0 Å². The van der Waals surface area contributed by atoms with Crippen molar-refractivity contribution in [1.29, 1.82) is 0 Å². The molecule has 2 nitrogen and oxygen atoms in total. The molecular formula is C6H9NOS2. The highest BCUT2D eigenvalue weighted by atomic mass is 32.1. The van der Waals surface area contributed by atoms with Crippen molar-refractivity contribution in [3.05, 3.63) is 17.1 Å². The third kappa shape index (κ3) is 2.68. The van der Waals surface area contributed by atoms with Crippen LogP contribution in [0, 0.1) is 0 Å². The van der Waals surface area contributed by atoms with Crippen LogP contribution in [0.5, 0.6) is 0 Å². The Kier molecular flexibility index (Phi) is 3.79. The smallest absolute Gasteiger partial charge is 0.0825 e. The molecule has 1 aromatic rings. The summed E-state index contributed by atoms with van der Waals surface area (Å²) in [4.78, 5) is 1.17. The van der Waals surface area contributed by atoms with Gasteiger partial charge in [-0.25, -0.2) is 4.37 Å². The largest absolute Gasteiger partial charge is 0.375 e. The number of hydrogen-bond donors (Lipinski definition) is 1. The molecule has 1 aromatic heterocycles. The molecule has 1 rings (SSSR count). The molecule has 0 atom stereocenters. The summed E-state index contributed by atoms with van der Waals surface area (Å²) in [5.74, 6) is 0.777. The Labute approximate surface area is 69.8 Å². The number of ether oxygens (including phenoxy) is 1. The van der Waals surface area contributed by atoms with E-state index in [1.165, 1.54) is 16.4 Å². The standard InChI is InChI=1S/C6H9NOS2/c9-4-3-8-5-6-1-2-7-10-6/h1-2,9H,3-5H2. The maximum atomic E-state index is 5.22. The minimum atomic E-state index is 0.672. The SMILES string of the molecule is SCCOCc1ccns1. The van der Waals surface area contributed by atoms with Crippen LogP contribution in [0.1, 0.15) is 4.88 Å².